The summed E-state index contributed by atoms with van der Waals surface area (Å²) in [5, 5.41) is 0.480. The van der Waals surface area contributed by atoms with Crippen molar-refractivity contribution in [3.8, 4) is 17.1 Å². The lowest BCUT2D eigenvalue weighted by molar-refractivity contribution is -0.133. The molecule has 0 spiro atoms. The van der Waals surface area contributed by atoms with Crippen molar-refractivity contribution in [1.82, 2.24) is 24.8 Å². The number of aromatic nitrogens is 3. The molecule has 2 fully saturated rings. The fourth-order valence-electron chi connectivity index (χ4n) is 5.77. The van der Waals surface area contributed by atoms with E-state index in [2.05, 4.69) is 19.9 Å². The largest absolute Gasteiger partial charge is 0.462 e. The van der Waals surface area contributed by atoms with Gasteiger partial charge in [0.15, 0.2) is 10.9 Å². The van der Waals surface area contributed by atoms with E-state index >= 15 is 13.2 Å². The lowest BCUT2D eigenvalue weighted by atomic mass is 10.0. The summed E-state index contributed by atoms with van der Waals surface area (Å²) in [6.45, 7) is -0.812. The quantitative estimate of drug-likeness (QED) is 0.324. The normalized spacial score (nSPS) is 19.3. The molecular weight excluding hydrogens is 605 g/mol. The second kappa shape index (κ2) is 11.6. The Labute approximate surface area is 254 Å². The number of alkyl halides is 2. The van der Waals surface area contributed by atoms with Gasteiger partial charge in [-0.05, 0) is 38.6 Å². The third-order valence-corrected chi connectivity index (χ3v) is 9.08. The van der Waals surface area contributed by atoms with Gasteiger partial charge in [0, 0.05) is 35.6 Å². The van der Waals surface area contributed by atoms with Gasteiger partial charge in [0.25, 0.3) is 5.92 Å². The van der Waals surface area contributed by atoms with Crippen molar-refractivity contribution >= 4 is 60.9 Å². The molecule has 6 rings (SSSR count). The Morgan fingerprint density at radius 1 is 1.19 bits per heavy atom. The molecular formula is C28H30ClF3N8O2S. The first kappa shape index (κ1) is 29.6. The minimum absolute atomic E-state index is 0.00333. The smallest absolute Gasteiger partial charge is 0.319 e. The molecule has 2 aliphatic rings. The van der Waals surface area contributed by atoms with E-state index in [1.807, 2.05) is 13.1 Å². The summed E-state index contributed by atoms with van der Waals surface area (Å²) in [7, 11) is 1.99. The molecule has 2 aliphatic heterocycles. The Bertz CT molecular complexity index is 1710. The van der Waals surface area contributed by atoms with Gasteiger partial charge in [-0.3, -0.25) is 4.79 Å². The SMILES string of the molecule is CN1CCC[C@H]1COc1nc(N2CCN(C(=O)CN)CC(F)(F)C2)c2cc(Cl)c(-c3cccc4sc(N)nc34)c(F)c2n1. The number of carbonyl (C=O) groups is 1. The zero-order chi connectivity index (χ0) is 30.5. The topological polar surface area (TPSA) is 127 Å². The van der Waals surface area contributed by atoms with Crippen molar-refractivity contribution in [2.45, 2.75) is 24.8 Å². The van der Waals surface area contributed by atoms with Crippen LogP contribution in [0.5, 0.6) is 6.01 Å². The second-order valence-corrected chi connectivity index (χ2v) is 12.3. The van der Waals surface area contributed by atoms with E-state index in [1.165, 1.54) is 22.3 Å². The Morgan fingerprint density at radius 3 is 2.74 bits per heavy atom. The van der Waals surface area contributed by atoms with Gasteiger partial charge in [0.1, 0.15) is 17.9 Å². The van der Waals surface area contributed by atoms with Crippen LogP contribution in [0, 0.1) is 5.82 Å². The van der Waals surface area contributed by atoms with E-state index < -0.39 is 30.7 Å². The number of nitrogens with two attached hydrogens (primary N) is 2. The summed E-state index contributed by atoms with van der Waals surface area (Å²) in [4.78, 5) is 30.0. The molecule has 0 aliphatic carbocycles. The van der Waals surface area contributed by atoms with E-state index in [-0.39, 0.29) is 65.6 Å². The highest BCUT2D eigenvalue weighted by Crippen LogP contribution is 2.42. The summed E-state index contributed by atoms with van der Waals surface area (Å²) in [5.74, 6) is -4.62. The van der Waals surface area contributed by atoms with E-state index in [0.717, 1.165) is 29.0 Å². The minimum atomic E-state index is -3.30. The van der Waals surface area contributed by atoms with Crippen molar-refractivity contribution in [2.24, 2.45) is 5.73 Å². The number of thiazole rings is 1. The summed E-state index contributed by atoms with van der Waals surface area (Å²) >= 11 is 7.98. The third-order valence-electron chi connectivity index (χ3n) is 7.93. The molecule has 15 heteroatoms. The molecule has 0 saturated carbocycles. The molecule has 0 bridgehead atoms. The first-order valence-corrected chi connectivity index (χ1v) is 15.0. The number of hydrogen-bond donors (Lipinski definition) is 2. The lowest BCUT2D eigenvalue weighted by Crippen LogP contribution is -2.44. The molecule has 228 valence electrons. The van der Waals surface area contributed by atoms with Crippen LogP contribution in [-0.4, -0.2) is 95.5 Å². The van der Waals surface area contributed by atoms with Crippen LogP contribution < -0.4 is 21.1 Å². The molecule has 1 atom stereocenters. The number of likely N-dealkylation sites (N-methyl/N-ethyl adjacent to an activating group) is 1. The number of likely N-dealkylation sites (tertiary alicyclic amines) is 1. The fourth-order valence-corrected chi connectivity index (χ4v) is 6.83. The molecule has 4 heterocycles. The number of amides is 1. The molecule has 43 heavy (non-hydrogen) atoms. The van der Waals surface area contributed by atoms with Gasteiger partial charge in [-0.1, -0.05) is 35.1 Å². The van der Waals surface area contributed by atoms with Crippen LogP contribution in [0.4, 0.5) is 24.1 Å². The maximum atomic E-state index is 16.6. The van der Waals surface area contributed by atoms with Crippen LogP contribution in [0.15, 0.2) is 24.3 Å². The summed E-state index contributed by atoms with van der Waals surface area (Å²) in [6.07, 6.45) is 1.92. The number of hydrogen-bond acceptors (Lipinski definition) is 10. The molecule has 2 saturated heterocycles. The summed E-state index contributed by atoms with van der Waals surface area (Å²) < 4.78 is 53.7. The minimum Gasteiger partial charge on any atom is -0.462 e. The number of rotatable bonds is 6. The van der Waals surface area contributed by atoms with E-state index in [0.29, 0.717) is 16.2 Å². The second-order valence-electron chi connectivity index (χ2n) is 10.9. The van der Waals surface area contributed by atoms with Crippen molar-refractivity contribution in [3.63, 3.8) is 0 Å². The number of ether oxygens (including phenoxy) is 1. The van der Waals surface area contributed by atoms with Crippen LogP contribution >= 0.6 is 22.9 Å². The summed E-state index contributed by atoms with van der Waals surface area (Å²) in [6, 6.07) is 6.70. The molecule has 0 radical (unpaired) electrons. The Hall–Kier alpha value is -3.46. The molecule has 4 aromatic rings. The van der Waals surface area contributed by atoms with Gasteiger partial charge in [0.2, 0.25) is 5.91 Å². The van der Waals surface area contributed by atoms with Crippen LogP contribution in [-0.2, 0) is 4.79 Å². The zero-order valence-corrected chi connectivity index (χ0v) is 24.9. The summed E-state index contributed by atoms with van der Waals surface area (Å²) in [5.41, 5.74) is 12.2. The number of anilines is 2. The molecule has 10 nitrogen and oxygen atoms in total. The third kappa shape index (κ3) is 5.76. The molecule has 0 unspecified atom stereocenters. The number of nitrogens with zero attached hydrogens (tertiary/aromatic N) is 6. The number of fused-ring (bicyclic) bond motifs is 2. The average Bonchev–Trinajstić information content (AvgIpc) is 3.52. The van der Waals surface area contributed by atoms with Gasteiger partial charge < -0.3 is 30.9 Å². The molecule has 1 amide bonds. The Morgan fingerprint density at radius 2 is 2.00 bits per heavy atom. The number of benzene rings is 2. The lowest BCUT2D eigenvalue weighted by Gasteiger charge is -2.26. The first-order chi connectivity index (χ1) is 20.5. The van der Waals surface area contributed by atoms with Crippen molar-refractivity contribution in [1.29, 1.82) is 0 Å². The van der Waals surface area contributed by atoms with Gasteiger partial charge in [-0.2, -0.15) is 9.97 Å². The number of nitrogen functional groups attached to an aromatic ring is 1. The number of carbonyl (C=O) groups excluding carboxylic acids is 1. The highest BCUT2D eigenvalue weighted by molar-refractivity contribution is 7.22. The van der Waals surface area contributed by atoms with Crippen LogP contribution in [0.1, 0.15) is 12.8 Å². The fraction of sp³-hybridized carbons (Fsp3) is 0.429. The van der Waals surface area contributed by atoms with Crippen LogP contribution in [0.2, 0.25) is 5.02 Å². The highest BCUT2D eigenvalue weighted by Gasteiger charge is 2.40. The van der Waals surface area contributed by atoms with Crippen molar-refractivity contribution in [2.75, 3.05) is 63.6 Å². The molecule has 2 aromatic carbocycles. The van der Waals surface area contributed by atoms with E-state index in [1.54, 1.807) is 12.1 Å². The van der Waals surface area contributed by atoms with Crippen molar-refractivity contribution in [3.05, 3.63) is 35.1 Å². The molecule has 4 N–H and O–H groups in total. The molecule has 2 aromatic heterocycles. The Balaban J connectivity index is 1.49. The zero-order valence-electron chi connectivity index (χ0n) is 23.3. The number of para-hydroxylation sites is 1. The predicted octanol–water partition coefficient (Wildman–Crippen LogP) is 4.00. The van der Waals surface area contributed by atoms with E-state index in [9.17, 15) is 4.79 Å². The maximum Gasteiger partial charge on any atom is 0.319 e. The maximum absolute atomic E-state index is 16.6. The average molecular weight is 635 g/mol. The number of halogens is 4. The first-order valence-electron chi connectivity index (χ1n) is 13.8. The standard InChI is InChI=1S/C28H30ClF3N8O2S/c1-38-7-3-4-15(38)12-42-27-36-24-17(25(37-27)40-9-8-39(20(41)11-33)13-28(31,32)14-40)10-18(29)21(22(24)30)16-5-2-6-19-23(16)35-26(34)43-19/h2,5-6,10,15H,3-4,7-9,11-14,33H2,1H3,(H2,34,35)/t15-/m0/s1. The van der Waals surface area contributed by atoms with Gasteiger partial charge in [0.05, 0.1) is 34.9 Å². The monoisotopic (exact) mass is 634 g/mol. The highest BCUT2D eigenvalue weighted by atomic mass is 35.5. The van der Waals surface area contributed by atoms with Gasteiger partial charge >= 0.3 is 6.01 Å². The van der Waals surface area contributed by atoms with Crippen molar-refractivity contribution < 1.29 is 22.7 Å². The predicted molar refractivity (Wildman–Crippen MR) is 161 cm³/mol. The van der Waals surface area contributed by atoms with Gasteiger partial charge in [-0.25, -0.2) is 18.2 Å². The van der Waals surface area contributed by atoms with E-state index in [4.69, 9.17) is 27.8 Å². The van der Waals surface area contributed by atoms with Gasteiger partial charge in [-0.15, -0.1) is 0 Å². The van der Waals surface area contributed by atoms with Crippen LogP contribution in [0.3, 0.4) is 0 Å². The van der Waals surface area contributed by atoms with Crippen LogP contribution in [0.25, 0.3) is 32.2 Å². The Kier molecular flexibility index (Phi) is 7.96.